The molecule has 1 aliphatic heterocycles. The average molecular weight is 312 g/mol. The van der Waals surface area contributed by atoms with Gasteiger partial charge < -0.3 is 15.2 Å². The second-order valence-corrected chi connectivity index (χ2v) is 6.07. The van der Waals surface area contributed by atoms with Crippen LogP contribution in [0.4, 0.5) is 0 Å². The Morgan fingerprint density at radius 3 is 2.81 bits per heavy atom. The third-order valence-electron chi connectivity index (χ3n) is 3.38. The standard InChI is InChI=1S/C14H20N2O4S/c17-13(15-8-12-2-1-7-21-12)9-16-5-3-11(4-6-16)20-10-14(18)19/h1-2,7,11H,3-6,8-10H2,(H,15,17)(H,18,19). The molecule has 1 fully saturated rings. The molecule has 116 valence electrons. The summed E-state index contributed by atoms with van der Waals surface area (Å²) in [5.74, 6) is -0.918. The normalized spacial score (nSPS) is 16.8. The highest BCUT2D eigenvalue weighted by molar-refractivity contribution is 7.09. The first kappa shape index (κ1) is 15.9. The number of amides is 1. The van der Waals surface area contributed by atoms with Gasteiger partial charge in [-0.05, 0) is 24.3 Å². The minimum absolute atomic E-state index is 0.00784. The zero-order valence-corrected chi connectivity index (χ0v) is 12.6. The van der Waals surface area contributed by atoms with Gasteiger partial charge in [0.1, 0.15) is 6.61 Å². The molecule has 1 amide bonds. The van der Waals surface area contributed by atoms with Crippen LogP contribution in [0.3, 0.4) is 0 Å². The van der Waals surface area contributed by atoms with Crippen LogP contribution in [-0.4, -0.2) is 54.2 Å². The lowest BCUT2D eigenvalue weighted by atomic mass is 10.1. The van der Waals surface area contributed by atoms with Crippen molar-refractivity contribution >= 4 is 23.2 Å². The number of carboxylic acid groups (broad SMARTS) is 1. The van der Waals surface area contributed by atoms with E-state index in [9.17, 15) is 9.59 Å². The van der Waals surface area contributed by atoms with Crippen molar-refractivity contribution in [2.75, 3.05) is 26.2 Å². The molecule has 2 rings (SSSR count). The van der Waals surface area contributed by atoms with E-state index >= 15 is 0 Å². The number of rotatable bonds is 7. The summed E-state index contributed by atoms with van der Waals surface area (Å²) in [7, 11) is 0. The summed E-state index contributed by atoms with van der Waals surface area (Å²) in [5, 5.41) is 13.5. The van der Waals surface area contributed by atoms with Gasteiger partial charge in [-0.15, -0.1) is 11.3 Å². The summed E-state index contributed by atoms with van der Waals surface area (Å²) in [5.41, 5.74) is 0. The molecule has 0 aromatic carbocycles. The van der Waals surface area contributed by atoms with Gasteiger partial charge in [0, 0.05) is 18.0 Å². The minimum Gasteiger partial charge on any atom is -0.480 e. The van der Waals surface area contributed by atoms with E-state index in [-0.39, 0.29) is 18.6 Å². The number of carbonyl (C=O) groups excluding carboxylic acids is 1. The molecule has 2 N–H and O–H groups in total. The molecule has 1 aromatic heterocycles. The number of nitrogens with one attached hydrogen (secondary N) is 1. The molecule has 0 aliphatic carbocycles. The molecule has 0 atom stereocenters. The summed E-state index contributed by atoms with van der Waals surface area (Å²) in [6, 6.07) is 3.96. The zero-order valence-electron chi connectivity index (χ0n) is 11.8. The van der Waals surface area contributed by atoms with Crippen LogP contribution in [0.2, 0.25) is 0 Å². The minimum atomic E-state index is -0.939. The Morgan fingerprint density at radius 2 is 2.19 bits per heavy atom. The molecule has 1 saturated heterocycles. The Labute approximate surface area is 127 Å². The number of carboxylic acids is 1. The van der Waals surface area contributed by atoms with Crippen molar-refractivity contribution in [1.82, 2.24) is 10.2 Å². The number of piperidine rings is 1. The van der Waals surface area contributed by atoms with Crippen molar-refractivity contribution in [1.29, 1.82) is 0 Å². The van der Waals surface area contributed by atoms with Gasteiger partial charge in [-0.25, -0.2) is 4.79 Å². The lowest BCUT2D eigenvalue weighted by Crippen LogP contribution is -2.43. The first-order valence-corrected chi connectivity index (χ1v) is 7.86. The van der Waals surface area contributed by atoms with Gasteiger partial charge in [-0.1, -0.05) is 6.07 Å². The third kappa shape index (κ3) is 5.82. The Morgan fingerprint density at radius 1 is 1.43 bits per heavy atom. The number of aliphatic carboxylic acids is 1. The van der Waals surface area contributed by atoms with Crippen molar-refractivity contribution in [2.24, 2.45) is 0 Å². The second-order valence-electron chi connectivity index (χ2n) is 5.04. The van der Waals surface area contributed by atoms with Gasteiger partial charge >= 0.3 is 5.97 Å². The fourth-order valence-corrected chi connectivity index (χ4v) is 2.93. The van der Waals surface area contributed by atoms with E-state index in [1.165, 1.54) is 0 Å². The Hall–Kier alpha value is -1.44. The van der Waals surface area contributed by atoms with E-state index < -0.39 is 5.97 Å². The summed E-state index contributed by atoms with van der Waals surface area (Å²) < 4.78 is 5.27. The van der Waals surface area contributed by atoms with Gasteiger partial charge in [0.25, 0.3) is 0 Å². The van der Waals surface area contributed by atoms with Crippen LogP contribution in [-0.2, 0) is 20.9 Å². The average Bonchev–Trinajstić information content (AvgIpc) is 2.98. The van der Waals surface area contributed by atoms with Crippen LogP contribution in [0.15, 0.2) is 17.5 Å². The lowest BCUT2D eigenvalue weighted by molar-refractivity contribution is -0.145. The van der Waals surface area contributed by atoms with Crippen LogP contribution in [0, 0.1) is 0 Å². The number of hydrogen-bond donors (Lipinski definition) is 2. The molecule has 0 radical (unpaired) electrons. The first-order chi connectivity index (χ1) is 10.1. The first-order valence-electron chi connectivity index (χ1n) is 6.98. The lowest BCUT2D eigenvalue weighted by Gasteiger charge is -2.31. The maximum Gasteiger partial charge on any atom is 0.329 e. The largest absolute Gasteiger partial charge is 0.480 e. The Balaban J connectivity index is 1.61. The van der Waals surface area contributed by atoms with Crippen molar-refractivity contribution < 1.29 is 19.4 Å². The van der Waals surface area contributed by atoms with Crippen molar-refractivity contribution in [2.45, 2.75) is 25.5 Å². The van der Waals surface area contributed by atoms with E-state index in [1.807, 2.05) is 17.5 Å². The van der Waals surface area contributed by atoms with Gasteiger partial charge in [-0.3, -0.25) is 9.69 Å². The van der Waals surface area contributed by atoms with Crippen molar-refractivity contribution in [3.05, 3.63) is 22.4 Å². The molecule has 0 saturated carbocycles. The highest BCUT2D eigenvalue weighted by Gasteiger charge is 2.21. The SMILES string of the molecule is O=C(O)COC1CCN(CC(=O)NCc2cccs2)CC1. The molecule has 0 unspecified atom stereocenters. The third-order valence-corrected chi connectivity index (χ3v) is 4.26. The maximum atomic E-state index is 11.8. The molecule has 0 spiro atoms. The van der Waals surface area contributed by atoms with Gasteiger partial charge in [-0.2, -0.15) is 0 Å². The maximum absolute atomic E-state index is 11.8. The van der Waals surface area contributed by atoms with Crippen LogP contribution in [0.1, 0.15) is 17.7 Å². The van der Waals surface area contributed by atoms with Crippen LogP contribution in [0.25, 0.3) is 0 Å². The van der Waals surface area contributed by atoms with Crippen molar-refractivity contribution in [3.8, 4) is 0 Å². The summed E-state index contributed by atoms with van der Waals surface area (Å²) in [6.45, 7) is 2.24. The van der Waals surface area contributed by atoms with E-state index in [0.717, 1.165) is 30.8 Å². The monoisotopic (exact) mass is 312 g/mol. The fourth-order valence-electron chi connectivity index (χ4n) is 2.28. The molecule has 6 nitrogen and oxygen atoms in total. The quantitative estimate of drug-likeness (QED) is 0.783. The van der Waals surface area contributed by atoms with Crippen molar-refractivity contribution in [3.63, 3.8) is 0 Å². The summed E-state index contributed by atoms with van der Waals surface area (Å²) >= 11 is 1.63. The Kier molecular flexibility index (Phi) is 6.16. The molecule has 0 bridgehead atoms. The predicted molar refractivity (Wildman–Crippen MR) is 79.2 cm³/mol. The fraction of sp³-hybridized carbons (Fsp3) is 0.571. The van der Waals surface area contributed by atoms with Gasteiger partial charge in [0.05, 0.1) is 19.2 Å². The van der Waals surface area contributed by atoms with E-state index in [1.54, 1.807) is 11.3 Å². The molecular formula is C14H20N2O4S. The number of likely N-dealkylation sites (tertiary alicyclic amines) is 1. The molecule has 1 aromatic rings. The number of ether oxygens (including phenoxy) is 1. The summed E-state index contributed by atoms with van der Waals surface area (Å²) in [4.78, 5) is 25.5. The number of thiophene rings is 1. The van der Waals surface area contributed by atoms with Gasteiger partial charge in [0.2, 0.25) is 5.91 Å². The predicted octanol–water partition coefficient (Wildman–Crippen LogP) is 0.930. The van der Waals surface area contributed by atoms with Crippen LogP contribution < -0.4 is 5.32 Å². The Bertz CT molecular complexity index is 456. The molecular weight excluding hydrogens is 292 g/mol. The summed E-state index contributed by atoms with van der Waals surface area (Å²) in [6.07, 6.45) is 1.53. The van der Waals surface area contributed by atoms with Crippen LogP contribution >= 0.6 is 11.3 Å². The zero-order chi connectivity index (χ0) is 15.1. The number of carbonyl (C=O) groups is 2. The molecule has 2 heterocycles. The van der Waals surface area contributed by atoms with Gasteiger partial charge in [0.15, 0.2) is 0 Å². The smallest absolute Gasteiger partial charge is 0.329 e. The van der Waals surface area contributed by atoms with E-state index in [4.69, 9.17) is 9.84 Å². The number of nitrogens with zero attached hydrogens (tertiary/aromatic N) is 1. The molecule has 1 aliphatic rings. The highest BCUT2D eigenvalue weighted by Crippen LogP contribution is 2.13. The molecule has 21 heavy (non-hydrogen) atoms. The van der Waals surface area contributed by atoms with Crippen LogP contribution in [0.5, 0.6) is 0 Å². The van der Waals surface area contributed by atoms with E-state index in [0.29, 0.717) is 13.1 Å². The topological polar surface area (TPSA) is 78.9 Å². The van der Waals surface area contributed by atoms with E-state index in [2.05, 4.69) is 10.2 Å². The number of hydrogen-bond acceptors (Lipinski definition) is 5. The highest BCUT2D eigenvalue weighted by atomic mass is 32.1. The molecule has 7 heteroatoms. The second kappa shape index (κ2) is 8.11.